The zero-order valence-corrected chi connectivity index (χ0v) is 11.1. The van der Waals surface area contributed by atoms with Gasteiger partial charge in [0, 0.05) is 19.1 Å². The van der Waals surface area contributed by atoms with E-state index in [1.807, 2.05) is 0 Å². The molecule has 3 atom stereocenters. The SMILES string of the molecule is CCC1CN(C2CCCCCCC2O)CCO1. The van der Waals surface area contributed by atoms with E-state index in [0.717, 1.165) is 39.0 Å². The number of morpholine rings is 1. The molecule has 3 nitrogen and oxygen atoms in total. The van der Waals surface area contributed by atoms with Gasteiger partial charge >= 0.3 is 0 Å². The number of hydrogen-bond donors (Lipinski definition) is 1. The summed E-state index contributed by atoms with van der Waals surface area (Å²) in [5.74, 6) is 0. The molecule has 17 heavy (non-hydrogen) atoms. The van der Waals surface area contributed by atoms with Crippen molar-refractivity contribution in [3.63, 3.8) is 0 Å². The van der Waals surface area contributed by atoms with Gasteiger partial charge in [-0.05, 0) is 19.3 Å². The van der Waals surface area contributed by atoms with Crippen LogP contribution in [0.5, 0.6) is 0 Å². The first kappa shape index (κ1) is 13.3. The average Bonchev–Trinajstić information content (AvgIpc) is 2.34. The van der Waals surface area contributed by atoms with Gasteiger partial charge in [-0.25, -0.2) is 0 Å². The van der Waals surface area contributed by atoms with Crippen LogP contribution in [0.1, 0.15) is 51.9 Å². The molecule has 2 rings (SSSR count). The molecule has 1 saturated heterocycles. The van der Waals surface area contributed by atoms with Crippen molar-refractivity contribution in [3.05, 3.63) is 0 Å². The van der Waals surface area contributed by atoms with Gasteiger partial charge in [-0.15, -0.1) is 0 Å². The lowest BCUT2D eigenvalue weighted by Crippen LogP contribution is -2.52. The summed E-state index contributed by atoms with van der Waals surface area (Å²) in [6, 6.07) is 0.383. The van der Waals surface area contributed by atoms with Crippen LogP contribution in [0.3, 0.4) is 0 Å². The molecule has 3 unspecified atom stereocenters. The van der Waals surface area contributed by atoms with Crippen LogP contribution in [-0.4, -0.2) is 48.0 Å². The smallest absolute Gasteiger partial charge is 0.0700 e. The predicted molar refractivity (Wildman–Crippen MR) is 69.1 cm³/mol. The normalized spacial score (nSPS) is 37.4. The third-order valence-electron chi connectivity index (χ3n) is 4.29. The number of nitrogens with zero attached hydrogens (tertiary/aromatic N) is 1. The second-order valence-corrected chi connectivity index (χ2v) is 5.52. The molecule has 0 amide bonds. The van der Waals surface area contributed by atoms with Crippen molar-refractivity contribution in [1.29, 1.82) is 0 Å². The Labute approximate surface area is 105 Å². The highest BCUT2D eigenvalue weighted by Gasteiger charge is 2.30. The fourth-order valence-electron chi connectivity index (χ4n) is 3.16. The maximum Gasteiger partial charge on any atom is 0.0700 e. The van der Waals surface area contributed by atoms with Gasteiger partial charge in [0.05, 0.1) is 18.8 Å². The Morgan fingerprint density at radius 1 is 1.18 bits per heavy atom. The molecule has 0 radical (unpaired) electrons. The van der Waals surface area contributed by atoms with Crippen molar-refractivity contribution in [3.8, 4) is 0 Å². The van der Waals surface area contributed by atoms with Gasteiger partial charge < -0.3 is 9.84 Å². The Balaban J connectivity index is 1.92. The van der Waals surface area contributed by atoms with Gasteiger partial charge in [0.25, 0.3) is 0 Å². The summed E-state index contributed by atoms with van der Waals surface area (Å²) < 4.78 is 5.72. The molecule has 2 aliphatic rings. The summed E-state index contributed by atoms with van der Waals surface area (Å²) in [7, 11) is 0. The van der Waals surface area contributed by atoms with Crippen LogP contribution in [0.2, 0.25) is 0 Å². The van der Waals surface area contributed by atoms with Crippen LogP contribution in [0, 0.1) is 0 Å². The molecule has 0 aromatic heterocycles. The molecule has 0 bridgehead atoms. The minimum Gasteiger partial charge on any atom is -0.391 e. The molecule has 1 N–H and O–H groups in total. The van der Waals surface area contributed by atoms with Gasteiger partial charge in [0.2, 0.25) is 0 Å². The molecule has 1 aliphatic heterocycles. The number of ether oxygens (including phenoxy) is 1. The topological polar surface area (TPSA) is 32.7 Å². The lowest BCUT2D eigenvalue weighted by Gasteiger charge is -2.41. The first-order chi connectivity index (χ1) is 8.31. The summed E-state index contributed by atoms with van der Waals surface area (Å²) in [6.07, 6.45) is 8.59. The number of hydrogen-bond acceptors (Lipinski definition) is 3. The Morgan fingerprint density at radius 2 is 1.94 bits per heavy atom. The minimum absolute atomic E-state index is 0.120. The molecule has 100 valence electrons. The third kappa shape index (κ3) is 3.67. The standard InChI is InChI=1S/C14H27NO2/c1-2-12-11-15(9-10-17-12)13-7-5-3-4-6-8-14(13)16/h12-14,16H,2-11H2,1H3. The van der Waals surface area contributed by atoms with Crippen molar-refractivity contribution in [2.24, 2.45) is 0 Å². The minimum atomic E-state index is -0.120. The van der Waals surface area contributed by atoms with Gasteiger partial charge in [-0.1, -0.05) is 32.6 Å². The lowest BCUT2D eigenvalue weighted by molar-refractivity contribution is -0.0701. The van der Waals surface area contributed by atoms with Crippen molar-refractivity contribution in [2.75, 3.05) is 19.7 Å². The lowest BCUT2D eigenvalue weighted by atomic mass is 9.92. The molecule has 3 heteroatoms. The molecule has 0 aromatic rings. The molecule has 2 fully saturated rings. The van der Waals surface area contributed by atoms with Gasteiger partial charge in [0.15, 0.2) is 0 Å². The maximum atomic E-state index is 10.3. The van der Waals surface area contributed by atoms with Crippen LogP contribution in [0.15, 0.2) is 0 Å². The molecular weight excluding hydrogens is 214 g/mol. The van der Waals surface area contributed by atoms with E-state index in [0.29, 0.717) is 12.1 Å². The quantitative estimate of drug-likeness (QED) is 0.804. The van der Waals surface area contributed by atoms with Crippen molar-refractivity contribution < 1.29 is 9.84 Å². The van der Waals surface area contributed by atoms with Crippen LogP contribution < -0.4 is 0 Å². The van der Waals surface area contributed by atoms with E-state index >= 15 is 0 Å². The fraction of sp³-hybridized carbons (Fsp3) is 1.00. The Hall–Kier alpha value is -0.120. The molecule has 1 heterocycles. The van der Waals surface area contributed by atoms with Crippen molar-refractivity contribution in [1.82, 2.24) is 4.90 Å². The number of aliphatic hydroxyl groups excluding tert-OH is 1. The summed E-state index contributed by atoms with van der Waals surface area (Å²) in [5, 5.41) is 10.3. The number of rotatable bonds is 2. The van der Waals surface area contributed by atoms with E-state index < -0.39 is 0 Å². The van der Waals surface area contributed by atoms with E-state index in [1.165, 1.54) is 25.7 Å². The predicted octanol–water partition coefficient (Wildman–Crippen LogP) is 2.18. The highest BCUT2D eigenvalue weighted by molar-refractivity contribution is 4.84. The summed E-state index contributed by atoms with van der Waals surface area (Å²) in [6.45, 7) is 5.03. The van der Waals surface area contributed by atoms with Crippen molar-refractivity contribution >= 4 is 0 Å². The second kappa shape index (κ2) is 6.72. The van der Waals surface area contributed by atoms with E-state index in [9.17, 15) is 5.11 Å². The van der Waals surface area contributed by atoms with E-state index in [-0.39, 0.29) is 6.10 Å². The summed E-state index contributed by atoms with van der Waals surface area (Å²) >= 11 is 0. The summed E-state index contributed by atoms with van der Waals surface area (Å²) in [4.78, 5) is 2.48. The number of aliphatic hydroxyl groups is 1. The first-order valence-corrected chi connectivity index (χ1v) is 7.35. The first-order valence-electron chi connectivity index (χ1n) is 7.35. The van der Waals surface area contributed by atoms with Crippen LogP contribution in [-0.2, 0) is 4.74 Å². The highest BCUT2D eigenvalue weighted by Crippen LogP contribution is 2.24. The molecule has 1 saturated carbocycles. The molecule has 0 aromatic carbocycles. The van der Waals surface area contributed by atoms with E-state index in [1.54, 1.807) is 0 Å². The summed E-state index contributed by atoms with van der Waals surface area (Å²) in [5.41, 5.74) is 0. The maximum absolute atomic E-state index is 10.3. The Bertz CT molecular complexity index is 222. The average molecular weight is 241 g/mol. The molecular formula is C14H27NO2. The highest BCUT2D eigenvalue weighted by atomic mass is 16.5. The van der Waals surface area contributed by atoms with Crippen molar-refractivity contribution in [2.45, 2.75) is 70.1 Å². The van der Waals surface area contributed by atoms with Crippen LogP contribution in [0.4, 0.5) is 0 Å². The zero-order valence-electron chi connectivity index (χ0n) is 11.1. The van der Waals surface area contributed by atoms with E-state index in [2.05, 4.69) is 11.8 Å². The van der Waals surface area contributed by atoms with Gasteiger partial charge in [0.1, 0.15) is 0 Å². The largest absolute Gasteiger partial charge is 0.391 e. The second-order valence-electron chi connectivity index (χ2n) is 5.52. The fourth-order valence-corrected chi connectivity index (χ4v) is 3.16. The van der Waals surface area contributed by atoms with E-state index in [4.69, 9.17) is 4.74 Å². The molecule has 1 aliphatic carbocycles. The molecule has 0 spiro atoms. The van der Waals surface area contributed by atoms with Crippen LogP contribution in [0.25, 0.3) is 0 Å². The third-order valence-corrected chi connectivity index (χ3v) is 4.29. The van der Waals surface area contributed by atoms with Gasteiger partial charge in [-0.3, -0.25) is 4.90 Å². The van der Waals surface area contributed by atoms with Gasteiger partial charge in [-0.2, -0.15) is 0 Å². The van der Waals surface area contributed by atoms with Crippen LogP contribution >= 0.6 is 0 Å². The zero-order chi connectivity index (χ0) is 12.1. The Kier molecular flexibility index (Phi) is 5.26. The monoisotopic (exact) mass is 241 g/mol. The Morgan fingerprint density at radius 3 is 2.71 bits per heavy atom.